The van der Waals surface area contributed by atoms with Crippen molar-refractivity contribution in [2.45, 2.75) is 39.3 Å². The lowest BCUT2D eigenvalue weighted by atomic mass is 9.87. The molecule has 1 aromatic rings. The zero-order chi connectivity index (χ0) is 12.4. The smallest absolute Gasteiger partial charge is 0.0534 e. The maximum atomic E-state index is 4.41. The Balaban J connectivity index is 0.00000133. The van der Waals surface area contributed by atoms with Crippen LogP contribution < -0.4 is 5.32 Å². The Kier molecular flexibility index (Phi) is 4.87. The summed E-state index contributed by atoms with van der Waals surface area (Å²) in [4.78, 5) is 2.60. The first-order valence-corrected chi connectivity index (χ1v) is 7.24. The summed E-state index contributed by atoms with van der Waals surface area (Å²) < 4.78 is 2.07. The second-order valence-corrected chi connectivity index (χ2v) is 6.00. The molecule has 0 amide bonds. The molecule has 2 saturated heterocycles. The minimum atomic E-state index is 0. The van der Waals surface area contributed by atoms with E-state index in [1.54, 1.807) is 0 Å². The van der Waals surface area contributed by atoms with Gasteiger partial charge in [-0.3, -0.25) is 9.58 Å². The zero-order valence-electron chi connectivity index (χ0n) is 11.8. The molecule has 1 N–H and O–H groups in total. The molecule has 2 aliphatic rings. The number of nitrogens with one attached hydrogen (secondary N) is 1. The van der Waals surface area contributed by atoms with Gasteiger partial charge in [0.25, 0.3) is 0 Å². The molecule has 0 saturated carbocycles. The average molecular weight is 285 g/mol. The quantitative estimate of drug-likeness (QED) is 0.917. The van der Waals surface area contributed by atoms with Crippen molar-refractivity contribution in [1.29, 1.82) is 0 Å². The summed E-state index contributed by atoms with van der Waals surface area (Å²) in [5.41, 5.74) is 1.95. The first kappa shape index (κ1) is 14.8. The van der Waals surface area contributed by atoms with E-state index in [4.69, 9.17) is 0 Å². The Morgan fingerprint density at radius 1 is 1.42 bits per heavy atom. The van der Waals surface area contributed by atoms with Crippen molar-refractivity contribution in [3.8, 4) is 0 Å². The lowest BCUT2D eigenvalue weighted by molar-refractivity contribution is 0.268. The van der Waals surface area contributed by atoms with E-state index in [1.807, 2.05) is 6.20 Å². The predicted molar refractivity (Wildman–Crippen MR) is 79.6 cm³/mol. The summed E-state index contributed by atoms with van der Waals surface area (Å²) in [6.45, 7) is 9.25. The zero-order valence-corrected chi connectivity index (χ0v) is 12.6. The normalized spacial score (nSPS) is 27.0. The van der Waals surface area contributed by atoms with Gasteiger partial charge in [0.2, 0.25) is 0 Å². The summed E-state index contributed by atoms with van der Waals surface area (Å²) in [6, 6.07) is 0. The van der Waals surface area contributed by atoms with Crippen LogP contribution in [0.5, 0.6) is 0 Å². The molecule has 2 fully saturated rings. The van der Waals surface area contributed by atoms with E-state index in [0.29, 0.717) is 5.41 Å². The van der Waals surface area contributed by atoms with Gasteiger partial charge in [0.1, 0.15) is 0 Å². The Morgan fingerprint density at radius 3 is 3.05 bits per heavy atom. The fraction of sp³-hybridized carbons (Fsp3) is 0.786. The predicted octanol–water partition coefficient (Wildman–Crippen LogP) is 1.90. The monoisotopic (exact) mass is 284 g/mol. The highest BCUT2D eigenvalue weighted by Crippen LogP contribution is 2.36. The van der Waals surface area contributed by atoms with Crippen molar-refractivity contribution in [3.63, 3.8) is 0 Å². The van der Waals surface area contributed by atoms with Gasteiger partial charge < -0.3 is 5.32 Å². The van der Waals surface area contributed by atoms with Crippen LogP contribution in [0.15, 0.2) is 12.4 Å². The summed E-state index contributed by atoms with van der Waals surface area (Å²) >= 11 is 0. The van der Waals surface area contributed by atoms with Crippen LogP contribution in [0.25, 0.3) is 0 Å². The number of likely N-dealkylation sites (tertiary alicyclic amines) is 1. The molecule has 108 valence electrons. The second kappa shape index (κ2) is 6.25. The van der Waals surface area contributed by atoms with Crippen molar-refractivity contribution >= 4 is 12.4 Å². The van der Waals surface area contributed by atoms with Gasteiger partial charge in [0.05, 0.1) is 6.20 Å². The van der Waals surface area contributed by atoms with Gasteiger partial charge in [-0.05, 0) is 37.8 Å². The lowest BCUT2D eigenvalue weighted by Gasteiger charge is -2.22. The lowest BCUT2D eigenvalue weighted by Crippen LogP contribution is -2.28. The maximum Gasteiger partial charge on any atom is 0.0534 e. The van der Waals surface area contributed by atoms with Crippen molar-refractivity contribution in [3.05, 3.63) is 18.0 Å². The Labute approximate surface area is 122 Å². The van der Waals surface area contributed by atoms with E-state index < -0.39 is 0 Å². The number of rotatable bonds is 4. The first-order chi connectivity index (χ1) is 8.80. The van der Waals surface area contributed by atoms with Crippen LogP contribution in [0, 0.1) is 5.41 Å². The molecule has 2 aliphatic heterocycles. The van der Waals surface area contributed by atoms with Gasteiger partial charge in [-0.2, -0.15) is 5.10 Å². The minimum Gasteiger partial charge on any atom is -0.316 e. The molecule has 3 heterocycles. The number of hydrogen-bond donors (Lipinski definition) is 1. The molecular formula is C14H25ClN4. The van der Waals surface area contributed by atoms with Gasteiger partial charge in [-0.1, -0.05) is 6.92 Å². The fourth-order valence-corrected chi connectivity index (χ4v) is 3.40. The first-order valence-electron chi connectivity index (χ1n) is 7.24. The van der Waals surface area contributed by atoms with Crippen LogP contribution in [-0.2, 0) is 13.1 Å². The summed E-state index contributed by atoms with van der Waals surface area (Å²) in [5, 5.41) is 7.93. The van der Waals surface area contributed by atoms with E-state index in [9.17, 15) is 0 Å². The largest absolute Gasteiger partial charge is 0.316 e. The molecule has 0 bridgehead atoms. The number of nitrogens with zero attached hydrogens (tertiary/aromatic N) is 3. The van der Waals surface area contributed by atoms with E-state index in [0.717, 1.165) is 19.5 Å². The summed E-state index contributed by atoms with van der Waals surface area (Å²) in [5.74, 6) is 0. The Morgan fingerprint density at radius 2 is 2.32 bits per heavy atom. The number of hydrogen-bond acceptors (Lipinski definition) is 3. The Hall–Kier alpha value is -0.580. The van der Waals surface area contributed by atoms with Gasteiger partial charge in [-0.15, -0.1) is 12.4 Å². The highest BCUT2D eigenvalue weighted by atomic mass is 35.5. The van der Waals surface area contributed by atoms with Gasteiger partial charge in [0.15, 0.2) is 0 Å². The van der Waals surface area contributed by atoms with Crippen molar-refractivity contribution in [2.24, 2.45) is 5.41 Å². The fourth-order valence-electron chi connectivity index (χ4n) is 3.40. The minimum absolute atomic E-state index is 0. The topological polar surface area (TPSA) is 33.1 Å². The third kappa shape index (κ3) is 3.30. The van der Waals surface area contributed by atoms with Gasteiger partial charge in [0, 0.05) is 37.9 Å². The molecule has 4 nitrogen and oxygen atoms in total. The van der Waals surface area contributed by atoms with Gasteiger partial charge >= 0.3 is 0 Å². The van der Waals surface area contributed by atoms with E-state index in [2.05, 4.69) is 33.1 Å². The standard InChI is InChI=1S/C14H24N4.ClH/c1-2-6-18-10-13(8-16-18)9-17-7-4-14(12-17)3-5-15-11-14;/h8,10,15H,2-7,9,11-12H2,1H3;1H. The number of aromatic nitrogens is 2. The third-order valence-corrected chi connectivity index (χ3v) is 4.40. The average Bonchev–Trinajstić information content (AvgIpc) is 3.06. The SMILES string of the molecule is CCCn1cc(CN2CCC3(CCNC3)C2)cn1.Cl. The van der Waals surface area contributed by atoms with Crippen LogP contribution in [0.2, 0.25) is 0 Å². The van der Waals surface area contributed by atoms with E-state index >= 15 is 0 Å². The molecule has 0 radical (unpaired) electrons. The summed E-state index contributed by atoms with van der Waals surface area (Å²) in [6.07, 6.45) is 8.12. The molecule has 1 aromatic heterocycles. The summed E-state index contributed by atoms with van der Waals surface area (Å²) in [7, 11) is 0. The molecule has 0 aromatic carbocycles. The molecule has 3 rings (SSSR count). The molecule has 0 aliphatic carbocycles. The van der Waals surface area contributed by atoms with Crippen LogP contribution >= 0.6 is 12.4 Å². The molecule has 5 heteroatoms. The number of halogens is 1. The highest BCUT2D eigenvalue weighted by molar-refractivity contribution is 5.85. The Bertz CT molecular complexity index is 398. The van der Waals surface area contributed by atoms with Crippen molar-refractivity contribution in [2.75, 3.05) is 26.2 Å². The van der Waals surface area contributed by atoms with Crippen molar-refractivity contribution in [1.82, 2.24) is 20.0 Å². The van der Waals surface area contributed by atoms with Crippen LogP contribution in [0.3, 0.4) is 0 Å². The van der Waals surface area contributed by atoms with Crippen LogP contribution in [0.4, 0.5) is 0 Å². The van der Waals surface area contributed by atoms with E-state index in [-0.39, 0.29) is 12.4 Å². The highest BCUT2D eigenvalue weighted by Gasteiger charge is 2.40. The molecule has 19 heavy (non-hydrogen) atoms. The molecular weight excluding hydrogens is 260 g/mol. The van der Waals surface area contributed by atoms with Gasteiger partial charge in [-0.25, -0.2) is 0 Å². The molecule has 1 unspecified atom stereocenters. The number of aryl methyl sites for hydroxylation is 1. The van der Waals surface area contributed by atoms with Crippen LogP contribution in [0.1, 0.15) is 31.7 Å². The van der Waals surface area contributed by atoms with E-state index in [1.165, 1.54) is 44.6 Å². The molecule has 1 atom stereocenters. The maximum absolute atomic E-state index is 4.41. The third-order valence-electron chi connectivity index (χ3n) is 4.40. The van der Waals surface area contributed by atoms with Crippen molar-refractivity contribution < 1.29 is 0 Å². The van der Waals surface area contributed by atoms with Crippen LogP contribution in [-0.4, -0.2) is 40.9 Å². The second-order valence-electron chi connectivity index (χ2n) is 6.00. The molecule has 1 spiro atoms.